The van der Waals surface area contributed by atoms with Crippen molar-refractivity contribution in [3.05, 3.63) is 11.8 Å². The Balaban J connectivity index is 2.73. The summed E-state index contributed by atoms with van der Waals surface area (Å²) >= 11 is 0. The van der Waals surface area contributed by atoms with Gasteiger partial charge in [-0.1, -0.05) is 0 Å². The second-order valence-electron chi connectivity index (χ2n) is 2.52. The Labute approximate surface area is 80.9 Å². The zero-order valence-corrected chi connectivity index (χ0v) is 7.73. The zero-order chi connectivity index (χ0) is 10.6. The lowest BCUT2D eigenvalue weighted by molar-refractivity contribution is -0.143. The van der Waals surface area contributed by atoms with Crippen LogP contribution in [0.2, 0.25) is 0 Å². The maximum atomic E-state index is 11.0. The highest BCUT2D eigenvalue weighted by molar-refractivity contribution is 5.70. The molecule has 0 unspecified atom stereocenters. The molecule has 14 heavy (non-hydrogen) atoms. The number of nitrogens with zero attached hydrogens (tertiary/aromatic N) is 3. The van der Waals surface area contributed by atoms with Gasteiger partial charge in [0.2, 0.25) is 0 Å². The quantitative estimate of drug-likeness (QED) is 0.678. The first-order chi connectivity index (χ1) is 6.69. The molecule has 1 heterocycles. The van der Waals surface area contributed by atoms with E-state index in [0.717, 1.165) is 0 Å². The predicted octanol–water partition coefficient (Wildman–Crippen LogP) is -0.0999. The van der Waals surface area contributed by atoms with E-state index in [9.17, 15) is 4.79 Å². The standard InChI is InChI=1S/C8H10N4O2/c1-2-14-7(13)5-12-8(10)6(3-9)4-11-12/h4H,2,5,10H2,1H3. The number of aromatic nitrogens is 2. The van der Waals surface area contributed by atoms with Crippen LogP contribution in [0.1, 0.15) is 12.5 Å². The number of esters is 1. The SMILES string of the molecule is CCOC(=O)Cn1ncc(C#N)c1N. The molecule has 2 N–H and O–H groups in total. The van der Waals surface area contributed by atoms with Gasteiger partial charge in [-0.15, -0.1) is 0 Å². The van der Waals surface area contributed by atoms with Gasteiger partial charge < -0.3 is 10.5 Å². The van der Waals surface area contributed by atoms with Gasteiger partial charge in [0.05, 0.1) is 12.8 Å². The molecule has 0 aliphatic heterocycles. The van der Waals surface area contributed by atoms with Crippen LogP contribution in [0, 0.1) is 11.3 Å². The Morgan fingerprint density at radius 1 is 1.86 bits per heavy atom. The van der Waals surface area contributed by atoms with Crippen molar-refractivity contribution in [2.45, 2.75) is 13.5 Å². The molecule has 0 radical (unpaired) electrons. The molecule has 0 saturated heterocycles. The van der Waals surface area contributed by atoms with Crippen LogP contribution in [0.4, 0.5) is 5.82 Å². The Bertz CT molecular complexity index is 377. The number of ether oxygens (including phenoxy) is 1. The average Bonchev–Trinajstić information content (AvgIpc) is 2.48. The van der Waals surface area contributed by atoms with Crippen molar-refractivity contribution < 1.29 is 9.53 Å². The third-order valence-corrected chi connectivity index (χ3v) is 1.58. The number of rotatable bonds is 3. The molecule has 6 heteroatoms. The van der Waals surface area contributed by atoms with Gasteiger partial charge >= 0.3 is 5.97 Å². The van der Waals surface area contributed by atoms with Crippen molar-refractivity contribution in [2.75, 3.05) is 12.3 Å². The summed E-state index contributed by atoms with van der Waals surface area (Å²) in [6, 6.07) is 1.86. The minimum absolute atomic E-state index is 0.0681. The normalized spacial score (nSPS) is 9.43. The number of nitriles is 1. The fourth-order valence-electron chi connectivity index (χ4n) is 0.936. The van der Waals surface area contributed by atoms with Crippen molar-refractivity contribution in [3.63, 3.8) is 0 Å². The molecule has 74 valence electrons. The molecule has 0 spiro atoms. The van der Waals surface area contributed by atoms with E-state index < -0.39 is 5.97 Å². The first-order valence-corrected chi connectivity index (χ1v) is 4.06. The van der Waals surface area contributed by atoms with Crippen molar-refractivity contribution >= 4 is 11.8 Å². The van der Waals surface area contributed by atoms with E-state index in [1.54, 1.807) is 6.92 Å². The predicted molar refractivity (Wildman–Crippen MR) is 48.0 cm³/mol. The molecule has 6 nitrogen and oxygen atoms in total. The van der Waals surface area contributed by atoms with Gasteiger partial charge in [-0.3, -0.25) is 4.79 Å². The number of hydrogen-bond donors (Lipinski definition) is 1. The van der Waals surface area contributed by atoms with E-state index in [-0.39, 0.29) is 17.9 Å². The monoisotopic (exact) mass is 194 g/mol. The lowest BCUT2D eigenvalue weighted by Crippen LogP contribution is -2.16. The molecule has 0 bridgehead atoms. The molecule has 0 fully saturated rings. The summed E-state index contributed by atoms with van der Waals surface area (Å²) in [4.78, 5) is 11.0. The minimum Gasteiger partial charge on any atom is -0.465 e. The van der Waals surface area contributed by atoms with Gasteiger partial charge in [-0.05, 0) is 6.92 Å². The van der Waals surface area contributed by atoms with Crippen LogP contribution in [0.15, 0.2) is 6.20 Å². The Morgan fingerprint density at radius 2 is 2.57 bits per heavy atom. The lowest BCUT2D eigenvalue weighted by Gasteiger charge is -2.03. The van der Waals surface area contributed by atoms with E-state index in [0.29, 0.717) is 6.61 Å². The highest BCUT2D eigenvalue weighted by Crippen LogP contribution is 2.08. The Kier molecular flexibility index (Phi) is 3.07. The molecule has 0 amide bonds. The number of carbonyl (C=O) groups is 1. The summed E-state index contributed by atoms with van der Waals surface area (Å²) in [6.45, 7) is 1.96. The second-order valence-corrected chi connectivity index (χ2v) is 2.52. The number of carbonyl (C=O) groups excluding carboxylic acids is 1. The fraction of sp³-hybridized carbons (Fsp3) is 0.375. The molecule has 1 rings (SSSR count). The minimum atomic E-state index is -0.424. The lowest BCUT2D eigenvalue weighted by atomic mass is 10.4. The van der Waals surface area contributed by atoms with Gasteiger partial charge in [0.1, 0.15) is 24.0 Å². The topological polar surface area (TPSA) is 93.9 Å². The molecule has 0 atom stereocenters. The van der Waals surface area contributed by atoms with E-state index >= 15 is 0 Å². The summed E-state index contributed by atoms with van der Waals surface area (Å²) < 4.78 is 5.94. The smallest absolute Gasteiger partial charge is 0.327 e. The first-order valence-electron chi connectivity index (χ1n) is 4.06. The molecule has 1 aromatic heterocycles. The first kappa shape index (κ1) is 10.1. The molecular formula is C8H10N4O2. The number of nitrogen functional groups attached to an aromatic ring is 1. The highest BCUT2D eigenvalue weighted by Gasteiger charge is 2.10. The summed E-state index contributed by atoms with van der Waals surface area (Å²) in [5, 5.41) is 12.3. The van der Waals surface area contributed by atoms with Crippen LogP contribution < -0.4 is 5.73 Å². The Hall–Kier alpha value is -2.03. The van der Waals surface area contributed by atoms with Crippen molar-refractivity contribution in [1.29, 1.82) is 5.26 Å². The van der Waals surface area contributed by atoms with E-state index in [2.05, 4.69) is 5.10 Å². The van der Waals surface area contributed by atoms with Crippen LogP contribution in [0.5, 0.6) is 0 Å². The Morgan fingerprint density at radius 3 is 3.07 bits per heavy atom. The molecule has 0 aromatic carbocycles. The molecular weight excluding hydrogens is 184 g/mol. The van der Waals surface area contributed by atoms with E-state index in [1.165, 1.54) is 10.9 Å². The third kappa shape index (κ3) is 2.01. The van der Waals surface area contributed by atoms with Gasteiger partial charge in [0.25, 0.3) is 0 Å². The van der Waals surface area contributed by atoms with Gasteiger partial charge in [0, 0.05) is 0 Å². The van der Waals surface area contributed by atoms with Crippen molar-refractivity contribution in [3.8, 4) is 6.07 Å². The summed E-state index contributed by atoms with van der Waals surface area (Å²) in [5.41, 5.74) is 5.79. The maximum Gasteiger partial charge on any atom is 0.327 e. The van der Waals surface area contributed by atoms with Crippen LogP contribution >= 0.6 is 0 Å². The van der Waals surface area contributed by atoms with Gasteiger partial charge in [0.15, 0.2) is 0 Å². The maximum absolute atomic E-state index is 11.0. The number of hydrogen-bond acceptors (Lipinski definition) is 5. The summed E-state index contributed by atoms with van der Waals surface area (Å²) in [5.74, 6) is -0.243. The van der Waals surface area contributed by atoms with Crippen LogP contribution in [0.3, 0.4) is 0 Å². The summed E-state index contributed by atoms with van der Waals surface area (Å²) in [7, 11) is 0. The van der Waals surface area contributed by atoms with E-state index in [4.69, 9.17) is 15.7 Å². The number of anilines is 1. The van der Waals surface area contributed by atoms with Crippen LogP contribution in [-0.2, 0) is 16.1 Å². The van der Waals surface area contributed by atoms with Gasteiger partial charge in [-0.2, -0.15) is 10.4 Å². The van der Waals surface area contributed by atoms with Gasteiger partial charge in [-0.25, -0.2) is 4.68 Å². The second kappa shape index (κ2) is 4.28. The largest absolute Gasteiger partial charge is 0.465 e. The van der Waals surface area contributed by atoms with Crippen LogP contribution in [0.25, 0.3) is 0 Å². The van der Waals surface area contributed by atoms with E-state index in [1.807, 2.05) is 6.07 Å². The molecule has 0 aliphatic rings. The third-order valence-electron chi connectivity index (χ3n) is 1.58. The van der Waals surface area contributed by atoms with Crippen molar-refractivity contribution in [1.82, 2.24) is 9.78 Å². The highest BCUT2D eigenvalue weighted by atomic mass is 16.5. The summed E-state index contributed by atoms with van der Waals surface area (Å²) in [6.07, 6.45) is 1.31. The molecule has 0 aliphatic carbocycles. The molecule has 0 saturated carbocycles. The van der Waals surface area contributed by atoms with Crippen LogP contribution in [-0.4, -0.2) is 22.4 Å². The van der Waals surface area contributed by atoms with Crippen molar-refractivity contribution in [2.24, 2.45) is 0 Å². The molecule has 1 aromatic rings. The average molecular weight is 194 g/mol. The number of nitrogens with two attached hydrogens (primary N) is 1. The fourth-order valence-corrected chi connectivity index (χ4v) is 0.936. The zero-order valence-electron chi connectivity index (χ0n) is 7.73.